The van der Waals surface area contributed by atoms with Crippen LogP contribution in [-0.4, -0.2) is 37.3 Å². The average molecular weight is 217 g/mol. The van der Waals surface area contributed by atoms with Crippen molar-refractivity contribution < 1.29 is 4.74 Å². The van der Waals surface area contributed by atoms with Gasteiger partial charge in [-0.2, -0.15) is 11.8 Å². The van der Waals surface area contributed by atoms with Crippen molar-refractivity contribution in [2.75, 3.05) is 31.3 Å². The molecule has 14 heavy (non-hydrogen) atoms. The van der Waals surface area contributed by atoms with E-state index in [4.69, 9.17) is 4.74 Å². The van der Waals surface area contributed by atoms with E-state index in [1.807, 2.05) is 0 Å². The lowest BCUT2D eigenvalue weighted by molar-refractivity contribution is 0.131. The highest BCUT2D eigenvalue weighted by molar-refractivity contribution is 7.99. The van der Waals surface area contributed by atoms with Crippen LogP contribution in [0.2, 0.25) is 0 Å². The zero-order chi connectivity index (χ0) is 10.1. The summed E-state index contributed by atoms with van der Waals surface area (Å²) in [6.45, 7) is 5.10. The van der Waals surface area contributed by atoms with Gasteiger partial charge in [0.25, 0.3) is 0 Å². The predicted molar refractivity (Wildman–Crippen MR) is 64.1 cm³/mol. The first-order valence-electron chi connectivity index (χ1n) is 5.82. The van der Waals surface area contributed by atoms with E-state index < -0.39 is 0 Å². The van der Waals surface area contributed by atoms with Gasteiger partial charge in [-0.25, -0.2) is 0 Å². The van der Waals surface area contributed by atoms with Crippen molar-refractivity contribution in [2.45, 2.75) is 38.6 Å². The highest BCUT2D eigenvalue weighted by atomic mass is 32.2. The second-order valence-corrected chi connectivity index (χ2v) is 4.98. The Morgan fingerprint density at radius 1 is 1.43 bits per heavy atom. The molecule has 1 saturated heterocycles. The molecule has 3 heteroatoms. The Bertz CT molecular complexity index is 126. The van der Waals surface area contributed by atoms with E-state index in [-0.39, 0.29) is 0 Å². The number of thioether (sulfide) groups is 1. The molecule has 0 aromatic rings. The van der Waals surface area contributed by atoms with Crippen molar-refractivity contribution in [3.05, 3.63) is 0 Å². The maximum Gasteiger partial charge on any atom is 0.0478 e. The van der Waals surface area contributed by atoms with Crippen molar-refractivity contribution in [2.24, 2.45) is 0 Å². The molecule has 0 aromatic carbocycles. The molecule has 1 aliphatic heterocycles. The summed E-state index contributed by atoms with van der Waals surface area (Å²) in [6, 6.07) is 0.764. The van der Waals surface area contributed by atoms with Gasteiger partial charge in [0.2, 0.25) is 0 Å². The van der Waals surface area contributed by atoms with Gasteiger partial charge in [-0.15, -0.1) is 0 Å². The third-order valence-electron chi connectivity index (χ3n) is 2.41. The lowest BCUT2D eigenvalue weighted by atomic mass is 10.2. The molecule has 2 nitrogen and oxygen atoms in total. The summed E-state index contributed by atoms with van der Waals surface area (Å²) >= 11 is 2.08. The summed E-state index contributed by atoms with van der Waals surface area (Å²) in [6.07, 6.45) is 5.03. The van der Waals surface area contributed by atoms with Gasteiger partial charge in [0.15, 0.2) is 0 Å². The predicted octanol–water partition coefficient (Wildman–Crippen LogP) is 2.29. The molecule has 84 valence electrons. The number of hydrogen-bond acceptors (Lipinski definition) is 3. The molecular formula is C11H23NOS. The average Bonchev–Trinajstić information content (AvgIpc) is 2.25. The van der Waals surface area contributed by atoms with Crippen LogP contribution in [-0.2, 0) is 4.74 Å². The Labute approximate surface area is 92.2 Å². The number of ether oxygens (including phenoxy) is 1. The van der Waals surface area contributed by atoms with Crippen molar-refractivity contribution in [3.8, 4) is 0 Å². The third-order valence-corrected chi connectivity index (χ3v) is 3.62. The molecule has 0 amide bonds. The van der Waals surface area contributed by atoms with Crippen LogP contribution in [0.4, 0.5) is 0 Å². The fraction of sp³-hybridized carbons (Fsp3) is 1.00. The van der Waals surface area contributed by atoms with E-state index >= 15 is 0 Å². The Hall–Kier alpha value is 0.270. The standard InChI is InChI=1S/C11H23NOS/c1-2-7-13-8-4-6-12-11-5-3-9-14-10-11/h11-12H,2-10H2,1H3. The molecule has 0 saturated carbocycles. The number of hydrogen-bond donors (Lipinski definition) is 1. The minimum absolute atomic E-state index is 0.764. The summed E-state index contributed by atoms with van der Waals surface area (Å²) < 4.78 is 5.43. The molecule has 1 fully saturated rings. The van der Waals surface area contributed by atoms with Gasteiger partial charge >= 0.3 is 0 Å². The molecule has 1 atom stereocenters. The van der Waals surface area contributed by atoms with Crippen LogP contribution in [0.15, 0.2) is 0 Å². The van der Waals surface area contributed by atoms with Gasteiger partial charge < -0.3 is 10.1 Å². The second-order valence-electron chi connectivity index (χ2n) is 3.83. The van der Waals surface area contributed by atoms with E-state index in [0.29, 0.717) is 0 Å². The van der Waals surface area contributed by atoms with Crippen molar-refractivity contribution >= 4 is 11.8 Å². The topological polar surface area (TPSA) is 21.3 Å². The Morgan fingerprint density at radius 2 is 2.36 bits per heavy atom. The van der Waals surface area contributed by atoms with Crippen LogP contribution >= 0.6 is 11.8 Å². The summed E-state index contributed by atoms with van der Waals surface area (Å²) in [4.78, 5) is 0. The fourth-order valence-corrected chi connectivity index (χ4v) is 2.74. The lowest BCUT2D eigenvalue weighted by Gasteiger charge is -2.22. The Kier molecular flexibility index (Phi) is 7.55. The Morgan fingerprint density at radius 3 is 3.07 bits per heavy atom. The fourth-order valence-electron chi connectivity index (χ4n) is 1.63. The highest BCUT2D eigenvalue weighted by Crippen LogP contribution is 2.16. The third kappa shape index (κ3) is 5.89. The van der Waals surface area contributed by atoms with Gasteiger partial charge in [0.1, 0.15) is 0 Å². The van der Waals surface area contributed by atoms with Crippen molar-refractivity contribution in [1.29, 1.82) is 0 Å². The van der Waals surface area contributed by atoms with E-state index in [9.17, 15) is 0 Å². The normalized spacial score (nSPS) is 22.5. The van der Waals surface area contributed by atoms with Crippen LogP contribution in [0.3, 0.4) is 0 Å². The zero-order valence-electron chi connectivity index (χ0n) is 9.26. The van der Waals surface area contributed by atoms with Gasteiger partial charge in [-0.05, 0) is 38.0 Å². The maximum atomic E-state index is 5.43. The molecule has 1 unspecified atom stereocenters. The molecule has 1 aliphatic rings. The SMILES string of the molecule is CCCOCCCNC1CCCSC1. The number of rotatable bonds is 7. The zero-order valence-corrected chi connectivity index (χ0v) is 10.1. The molecule has 0 radical (unpaired) electrons. The summed E-state index contributed by atoms with van der Waals surface area (Å²) in [7, 11) is 0. The maximum absolute atomic E-state index is 5.43. The van der Waals surface area contributed by atoms with E-state index in [1.54, 1.807) is 0 Å². The highest BCUT2D eigenvalue weighted by Gasteiger charge is 2.11. The smallest absolute Gasteiger partial charge is 0.0478 e. The summed E-state index contributed by atoms with van der Waals surface area (Å²) in [5, 5.41) is 3.60. The molecule has 1 N–H and O–H groups in total. The molecule has 1 rings (SSSR count). The molecular weight excluding hydrogens is 194 g/mol. The van der Waals surface area contributed by atoms with Crippen LogP contribution < -0.4 is 5.32 Å². The van der Waals surface area contributed by atoms with Gasteiger partial charge in [-0.1, -0.05) is 6.92 Å². The van der Waals surface area contributed by atoms with E-state index in [0.717, 1.165) is 38.6 Å². The van der Waals surface area contributed by atoms with Crippen LogP contribution in [0.5, 0.6) is 0 Å². The van der Waals surface area contributed by atoms with Gasteiger partial charge in [0, 0.05) is 25.0 Å². The van der Waals surface area contributed by atoms with Crippen molar-refractivity contribution in [3.63, 3.8) is 0 Å². The van der Waals surface area contributed by atoms with Crippen LogP contribution in [0.25, 0.3) is 0 Å². The Balaban J connectivity index is 1.82. The van der Waals surface area contributed by atoms with Crippen LogP contribution in [0.1, 0.15) is 32.6 Å². The molecule has 0 aliphatic carbocycles. The minimum Gasteiger partial charge on any atom is -0.381 e. The second kappa shape index (κ2) is 8.57. The number of nitrogens with one attached hydrogen (secondary N) is 1. The molecule has 0 aromatic heterocycles. The van der Waals surface area contributed by atoms with Gasteiger partial charge in [-0.3, -0.25) is 0 Å². The minimum atomic E-state index is 0.764. The monoisotopic (exact) mass is 217 g/mol. The first-order valence-corrected chi connectivity index (χ1v) is 6.98. The molecule has 0 spiro atoms. The summed E-state index contributed by atoms with van der Waals surface area (Å²) in [5.74, 6) is 2.66. The largest absolute Gasteiger partial charge is 0.381 e. The van der Waals surface area contributed by atoms with E-state index in [2.05, 4.69) is 24.0 Å². The van der Waals surface area contributed by atoms with Crippen molar-refractivity contribution in [1.82, 2.24) is 5.32 Å². The van der Waals surface area contributed by atoms with Crippen LogP contribution in [0, 0.1) is 0 Å². The quantitative estimate of drug-likeness (QED) is 0.661. The summed E-state index contributed by atoms with van der Waals surface area (Å²) in [5.41, 5.74) is 0. The lowest BCUT2D eigenvalue weighted by Crippen LogP contribution is -2.34. The molecule has 1 heterocycles. The first kappa shape index (κ1) is 12.3. The first-order chi connectivity index (χ1) is 6.93. The van der Waals surface area contributed by atoms with Gasteiger partial charge in [0.05, 0.1) is 0 Å². The molecule has 0 bridgehead atoms. The van der Waals surface area contributed by atoms with E-state index in [1.165, 1.54) is 24.3 Å².